The van der Waals surface area contributed by atoms with Gasteiger partial charge in [0.2, 0.25) is 17.4 Å². The molecule has 3 N–H and O–H groups in total. The molecule has 0 aliphatic heterocycles. The summed E-state index contributed by atoms with van der Waals surface area (Å²) in [6.07, 6.45) is 4.92. The zero-order valence-electron chi connectivity index (χ0n) is 15.9. The molecule has 1 unspecified atom stereocenters. The summed E-state index contributed by atoms with van der Waals surface area (Å²) in [5.74, 6) is 0. The fraction of sp³-hybridized carbons (Fsp3) is 0.647. The average Bonchev–Trinajstić information content (AvgIpc) is 2.55. The number of hydrogen-bond acceptors (Lipinski definition) is 6. The second kappa shape index (κ2) is 10.9. The van der Waals surface area contributed by atoms with Crippen molar-refractivity contribution in [2.45, 2.75) is 39.5 Å². The summed E-state index contributed by atoms with van der Waals surface area (Å²) in [6.45, 7) is 5.35. The number of benzene rings is 1. The standard InChI is InChI=1S/C17H31N2O5PS/c1-4-6-10-23-12-13-25(20,24-11-7-5-2)17-14-15(8-9-16(17)18)19-26(3,21)22/h8-9,14,19H,4-7,10-13,18H2,1-3H3. The van der Waals surface area contributed by atoms with Crippen LogP contribution in [0.1, 0.15) is 39.5 Å². The van der Waals surface area contributed by atoms with Crippen LogP contribution in [0.25, 0.3) is 0 Å². The number of nitrogens with one attached hydrogen (secondary N) is 1. The van der Waals surface area contributed by atoms with Gasteiger partial charge in [-0.2, -0.15) is 0 Å². The van der Waals surface area contributed by atoms with Crippen molar-refractivity contribution in [3.63, 3.8) is 0 Å². The summed E-state index contributed by atoms with van der Waals surface area (Å²) in [5.41, 5.74) is 6.65. The van der Waals surface area contributed by atoms with Crippen molar-refractivity contribution in [3.05, 3.63) is 18.2 Å². The summed E-state index contributed by atoms with van der Waals surface area (Å²) >= 11 is 0. The van der Waals surface area contributed by atoms with E-state index in [1.807, 2.05) is 6.92 Å². The fourth-order valence-electron chi connectivity index (χ4n) is 2.26. The summed E-state index contributed by atoms with van der Waals surface area (Å²) in [4.78, 5) is 0. The Morgan fingerprint density at radius 3 is 2.38 bits per heavy atom. The number of rotatable bonds is 13. The molecule has 0 fully saturated rings. The first-order valence-corrected chi connectivity index (χ1v) is 12.6. The van der Waals surface area contributed by atoms with Crippen molar-refractivity contribution in [2.24, 2.45) is 0 Å². The Morgan fingerprint density at radius 2 is 1.77 bits per heavy atom. The molecular weight excluding hydrogens is 375 g/mol. The minimum absolute atomic E-state index is 0.201. The van der Waals surface area contributed by atoms with E-state index in [4.69, 9.17) is 15.0 Å². The quantitative estimate of drug-likeness (QED) is 0.296. The molecule has 1 rings (SSSR count). The van der Waals surface area contributed by atoms with E-state index in [0.29, 0.717) is 36.5 Å². The first kappa shape index (κ1) is 23.0. The maximum absolute atomic E-state index is 13.5. The molecule has 0 bridgehead atoms. The van der Waals surface area contributed by atoms with Gasteiger partial charge in [0.1, 0.15) is 0 Å². The van der Waals surface area contributed by atoms with Crippen LogP contribution in [-0.4, -0.2) is 40.7 Å². The topological polar surface area (TPSA) is 108 Å². The molecule has 0 saturated heterocycles. The zero-order valence-corrected chi connectivity index (χ0v) is 17.6. The van der Waals surface area contributed by atoms with E-state index in [1.165, 1.54) is 18.2 Å². The minimum Gasteiger partial charge on any atom is -0.398 e. The normalized spacial score (nSPS) is 14.1. The first-order chi connectivity index (χ1) is 12.2. The van der Waals surface area contributed by atoms with Gasteiger partial charge in [-0.1, -0.05) is 26.7 Å². The smallest absolute Gasteiger partial charge is 0.236 e. The van der Waals surface area contributed by atoms with Crippen molar-refractivity contribution in [3.8, 4) is 0 Å². The van der Waals surface area contributed by atoms with Gasteiger partial charge in [0.25, 0.3) is 0 Å². The van der Waals surface area contributed by atoms with Crippen molar-refractivity contribution in [2.75, 3.05) is 42.7 Å². The number of nitrogens with two attached hydrogens (primary N) is 1. The van der Waals surface area contributed by atoms with Crippen molar-refractivity contribution >= 4 is 34.1 Å². The molecule has 0 spiro atoms. The van der Waals surface area contributed by atoms with E-state index in [9.17, 15) is 13.0 Å². The number of nitrogen functional groups attached to an aromatic ring is 1. The summed E-state index contributed by atoms with van der Waals surface area (Å²) in [7, 11) is -6.71. The van der Waals surface area contributed by atoms with Crippen LogP contribution in [0.3, 0.4) is 0 Å². The molecule has 0 aliphatic rings. The number of sulfonamides is 1. The van der Waals surface area contributed by atoms with Crippen LogP contribution < -0.4 is 15.8 Å². The SMILES string of the molecule is CCCCOCCP(=O)(OCCCC)c1cc(NS(C)(=O)=O)ccc1N. The van der Waals surface area contributed by atoms with Crippen molar-refractivity contribution in [1.82, 2.24) is 0 Å². The van der Waals surface area contributed by atoms with E-state index < -0.39 is 17.4 Å². The van der Waals surface area contributed by atoms with Gasteiger partial charge in [0.05, 0.1) is 30.9 Å². The van der Waals surface area contributed by atoms with E-state index >= 15 is 0 Å². The molecule has 1 aromatic rings. The molecular formula is C17H31N2O5PS. The third kappa shape index (κ3) is 8.08. The Balaban J connectivity index is 3.03. The van der Waals surface area contributed by atoms with Gasteiger partial charge < -0.3 is 15.0 Å². The lowest BCUT2D eigenvalue weighted by Gasteiger charge is -2.21. The highest BCUT2D eigenvalue weighted by Gasteiger charge is 2.28. The fourth-order valence-corrected chi connectivity index (χ4v) is 4.92. The average molecular weight is 406 g/mol. The molecule has 7 nitrogen and oxygen atoms in total. The molecule has 0 amide bonds. The lowest BCUT2D eigenvalue weighted by atomic mass is 10.3. The van der Waals surface area contributed by atoms with Crippen molar-refractivity contribution < 1.29 is 22.2 Å². The largest absolute Gasteiger partial charge is 0.398 e. The summed E-state index contributed by atoms with van der Waals surface area (Å²) in [5, 5.41) is 0.335. The lowest BCUT2D eigenvalue weighted by Crippen LogP contribution is -2.19. The highest BCUT2D eigenvalue weighted by atomic mass is 32.2. The van der Waals surface area contributed by atoms with E-state index in [0.717, 1.165) is 31.9 Å². The number of anilines is 2. The van der Waals surface area contributed by atoms with Gasteiger partial charge in [-0.05, 0) is 31.0 Å². The van der Waals surface area contributed by atoms with Gasteiger partial charge in [-0.3, -0.25) is 9.29 Å². The Kier molecular flexibility index (Phi) is 9.64. The Labute approximate surface area is 157 Å². The van der Waals surface area contributed by atoms with E-state index in [-0.39, 0.29) is 6.16 Å². The van der Waals surface area contributed by atoms with E-state index in [1.54, 1.807) is 0 Å². The molecule has 26 heavy (non-hydrogen) atoms. The van der Waals surface area contributed by atoms with Gasteiger partial charge >= 0.3 is 0 Å². The predicted octanol–water partition coefficient (Wildman–Crippen LogP) is 3.18. The molecule has 1 atom stereocenters. The van der Waals surface area contributed by atoms with Gasteiger partial charge in [0, 0.05) is 18.0 Å². The summed E-state index contributed by atoms with van der Waals surface area (Å²) in [6, 6.07) is 4.57. The van der Waals surface area contributed by atoms with Crippen LogP contribution in [-0.2, 0) is 23.8 Å². The van der Waals surface area contributed by atoms with Crippen molar-refractivity contribution in [1.29, 1.82) is 0 Å². The molecule has 0 saturated carbocycles. The van der Waals surface area contributed by atoms with Gasteiger partial charge in [0.15, 0.2) is 0 Å². The second-order valence-electron chi connectivity index (χ2n) is 6.20. The lowest BCUT2D eigenvalue weighted by molar-refractivity contribution is 0.143. The molecule has 9 heteroatoms. The van der Waals surface area contributed by atoms with Gasteiger partial charge in [-0.15, -0.1) is 0 Å². The molecule has 0 aliphatic carbocycles. The summed E-state index contributed by atoms with van der Waals surface area (Å²) < 4.78 is 50.1. The van der Waals surface area contributed by atoms with Crippen LogP contribution in [0.2, 0.25) is 0 Å². The Morgan fingerprint density at radius 1 is 1.12 bits per heavy atom. The highest BCUT2D eigenvalue weighted by molar-refractivity contribution is 7.92. The minimum atomic E-state index is -3.45. The predicted molar refractivity (Wildman–Crippen MR) is 108 cm³/mol. The molecule has 0 radical (unpaired) electrons. The Hall–Kier alpha value is -1.08. The van der Waals surface area contributed by atoms with Crippen LogP contribution >= 0.6 is 7.37 Å². The number of unbranched alkanes of at least 4 members (excludes halogenated alkanes) is 2. The van der Waals surface area contributed by atoms with Crippen LogP contribution in [0, 0.1) is 0 Å². The first-order valence-electron chi connectivity index (χ1n) is 8.91. The zero-order chi connectivity index (χ0) is 19.6. The van der Waals surface area contributed by atoms with E-state index in [2.05, 4.69) is 11.6 Å². The van der Waals surface area contributed by atoms with Crippen LogP contribution in [0.15, 0.2) is 18.2 Å². The van der Waals surface area contributed by atoms with Crippen LogP contribution in [0.4, 0.5) is 11.4 Å². The monoisotopic (exact) mass is 406 g/mol. The van der Waals surface area contributed by atoms with Gasteiger partial charge in [-0.25, -0.2) is 8.42 Å². The molecule has 1 aromatic carbocycles. The molecule has 0 heterocycles. The molecule has 0 aromatic heterocycles. The molecule has 150 valence electrons. The third-order valence-corrected chi connectivity index (χ3v) is 6.77. The number of ether oxygens (including phenoxy) is 1. The maximum atomic E-state index is 13.5. The Bertz CT molecular complexity index is 709. The van der Waals surface area contributed by atoms with Crippen LogP contribution in [0.5, 0.6) is 0 Å². The second-order valence-corrected chi connectivity index (χ2v) is 10.5. The third-order valence-electron chi connectivity index (χ3n) is 3.67. The maximum Gasteiger partial charge on any atom is 0.236 e. The highest BCUT2D eigenvalue weighted by Crippen LogP contribution is 2.47. The number of hydrogen-bond donors (Lipinski definition) is 2.